The van der Waals surface area contributed by atoms with E-state index in [1.807, 2.05) is 30.3 Å². The van der Waals surface area contributed by atoms with Crippen LogP contribution in [0.5, 0.6) is 0 Å². The molecule has 0 unspecified atom stereocenters. The Kier molecular flexibility index (Phi) is 4.07. The molecule has 2 aromatic carbocycles. The molecule has 114 valence electrons. The van der Waals surface area contributed by atoms with Gasteiger partial charge in [0.15, 0.2) is 0 Å². The Labute approximate surface area is 134 Å². The first-order valence-corrected chi connectivity index (χ1v) is 7.35. The number of para-hydroxylation sites is 1. The summed E-state index contributed by atoms with van der Waals surface area (Å²) in [4.78, 5) is 26.0. The van der Waals surface area contributed by atoms with Gasteiger partial charge in [-0.05, 0) is 36.2 Å². The number of carbonyl (C=O) groups excluding carboxylic acids is 2. The van der Waals surface area contributed by atoms with Crippen LogP contribution in [-0.2, 0) is 16.0 Å². The Morgan fingerprint density at radius 2 is 2.00 bits per heavy atom. The molecule has 3 rings (SSSR count). The Morgan fingerprint density at radius 1 is 1.17 bits per heavy atom. The highest BCUT2D eigenvalue weighted by Gasteiger charge is 2.25. The van der Waals surface area contributed by atoms with E-state index in [2.05, 4.69) is 5.32 Å². The monoisotopic (exact) mass is 305 g/mol. The lowest BCUT2D eigenvalue weighted by Gasteiger charge is -2.17. The van der Waals surface area contributed by atoms with E-state index >= 15 is 0 Å². The van der Waals surface area contributed by atoms with E-state index in [0.717, 1.165) is 17.7 Å². The largest absolute Gasteiger partial charge is 0.326 e. The second-order valence-electron chi connectivity index (χ2n) is 5.34. The fourth-order valence-corrected chi connectivity index (χ4v) is 2.70. The van der Waals surface area contributed by atoms with E-state index in [1.165, 1.54) is 0 Å². The maximum Gasteiger partial charge on any atom is 0.236 e. The Balaban J connectivity index is 1.64. The zero-order valence-electron chi connectivity index (χ0n) is 12.5. The normalized spacial score (nSPS) is 12.4. The molecule has 2 aromatic rings. The van der Waals surface area contributed by atoms with Gasteiger partial charge >= 0.3 is 0 Å². The number of rotatable bonds is 3. The highest BCUT2D eigenvalue weighted by atomic mass is 16.2. The molecule has 5 heteroatoms. The second kappa shape index (κ2) is 6.32. The fourth-order valence-electron chi connectivity index (χ4n) is 2.70. The zero-order valence-corrected chi connectivity index (χ0v) is 12.5. The smallest absolute Gasteiger partial charge is 0.236 e. The van der Waals surface area contributed by atoms with E-state index in [0.29, 0.717) is 17.8 Å². The van der Waals surface area contributed by atoms with Crippen molar-refractivity contribution in [3.8, 4) is 6.07 Å². The number of hydrogen-bond donors (Lipinski definition) is 1. The average molecular weight is 305 g/mol. The van der Waals surface area contributed by atoms with Gasteiger partial charge < -0.3 is 10.2 Å². The Bertz CT molecular complexity index is 808. The van der Waals surface area contributed by atoms with Gasteiger partial charge in [-0.2, -0.15) is 5.26 Å². The third-order valence-electron chi connectivity index (χ3n) is 3.78. The minimum absolute atomic E-state index is 0.217. The van der Waals surface area contributed by atoms with Crippen LogP contribution in [0.1, 0.15) is 17.5 Å². The third kappa shape index (κ3) is 3.22. The molecule has 23 heavy (non-hydrogen) atoms. The molecule has 0 bridgehead atoms. The summed E-state index contributed by atoms with van der Waals surface area (Å²) in [5.74, 6) is -0.599. The number of carbonyl (C=O) groups is 2. The predicted molar refractivity (Wildman–Crippen MR) is 86.9 cm³/mol. The first kappa shape index (κ1) is 14.8. The number of anilines is 2. The van der Waals surface area contributed by atoms with Crippen molar-refractivity contribution in [2.75, 3.05) is 16.8 Å². The summed E-state index contributed by atoms with van der Waals surface area (Å²) in [5.41, 5.74) is 2.99. The summed E-state index contributed by atoms with van der Waals surface area (Å²) in [6, 6.07) is 16.3. The molecule has 0 atom stereocenters. The molecule has 0 saturated heterocycles. The van der Waals surface area contributed by atoms with Gasteiger partial charge in [0.05, 0.1) is 11.6 Å². The molecular formula is C18H15N3O2. The van der Waals surface area contributed by atoms with E-state index in [9.17, 15) is 9.59 Å². The Morgan fingerprint density at radius 3 is 2.83 bits per heavy atom. The lowest BCUT2D eigenvalue weighted by molar-refractivity contribution is -0.125. The molecule has 0 spiro atoms. The van der Waals surface area contributed by atoms with Gasteiger partial charge in [-0.3, -0.25) is 9.59 Å². The topological polar surface area (TPSA) is 73.2 Å². The average Bonchev–Trinajstić information content (AvgIpc) is 2.99. The maximum absolute atomic E-state index is 12.3. The number of amides is 2. The van der Waals surface area contributed by atoms with Crippen molar-refractivity contribution in [1.29, 1.82) is 5.26 Å². The van der Waals surface area contributed by atoms with Crippen molar-refractivity contribution < 1.29 is 9.59 Å². The van der Waals surface area contributed by atoms with E-state index in [4.69, 9.17) is 5.26 Å². The lowest BCUT2D eigenvalue weighted by Crippen LogP contribution is -2.32. The molecule has 0 aliphatic carbocycles. The van der Waals surface area contributed by atoms with Crippen LogP contribution in [0.25, 0.3) is 0 Å². The van der Waals surface area contributed by atoms with E-state index < -0.39 is 0 Å². The number of nitrogens with one attached hydrogen (secondary N) is 1. The molecule has 1 aliphatic rings. The number of benzene rings is 2. The molecule has 0 saturated carbocycles. The van der Waals surface area contributed by atoms with E-state index in [-0.39, 0.29) is 18.2 Å². The lowest BCUT2D eigenvalue weighted by atomic mass is 10.2. The van der Waals surface area contributed by atoms with Crippen molar-refractivity contribution in [2.45, 2.75) is 12.8 Å². The SMILES string of the molecule is N#Cc1cccc(NC(=O)CC(=O)N2CCc3ccccc32)c1. The van der Waals surface area contributed by atoms with Crippen LogP contribution in [0.3, 0.4) is 0 Å². The summed E-state index contributed by atoms with van der Waals surface area (Å²) >= 11 is 0. The molecule has 2 amide bonds. The summed E-state index contributed by atoms with van der Waals surface area (Å²) < 4.78 is 0. The highest BCUT2D eigenvalue weighted by molar-refractivity contribution is 6.09. The van der Waals surface area contributed by atoms with Gasteiger partial charge in [0.1, 0.15) is 6.42 Å². The van der Waals surface area contributed by atoms with Crippen molar-refractivity contribution in [1.82, 2.24) is 0 Å². The summed E-state index contributed by atoms with van der Waals surface area (Å²) in [6.07, 6.45) is 0.596. The van der Waals surface area contributed by atoms with Gasteiger partial charge in [-0.15, -0.1) is 0 Å². The zero-order chi connectivity index (χ0) is 16.2. The Hall–Kier alpha value is -3.13. The standard InChI is InChI=1S/C18H15N3O2/c19-12-13-4-3-6-15(10-13)20-17(22)11-18(23)21-9-8-14-5-1-2-7-16(14)21/h1-7,10H,8-9,11H2,(H,20,22). The fraction of sp³-hybridized carbons (Fsp3) is 0.167. The number of fused-ring (bicyclic) bond motifs is 1. The molecule has 1 aliphatic heterocycles. The quantitative estimate of drug-likeness (QED) is 0.885. The first-order chi connectivity index (χ1) is 11.2. The summed E-state index contributed by atoms with van der Waals surface area (Å²) in [6.45, 7) is 0.607. The molecule has 0 fully saturated rings. The van der Waals surface area contributed by atoms with Crippen LogP contribution in [0.2, 0.25) is 0 Å². The molecule has 1 heterocycles. The molecule has 5 nitrogen and oxygen atoms in total. The van der Waals surface area contributed by atoms with E-state index in [1.54, 1.807) is 29.2 Å². The van der Waals surface area contributed by atoms with Gasteiger partial charge in [-0.25, -0.2) is 0 Å². The van der Waals surface area contributed by atoms with Gasteiger partial charge in [-0.1, -0.05) is 24.3 Å². The molecule has 0 aromatic heterocycles. The van der Waals surface area contributed by atoms with Crippen LogP contribution < -0.4 is 10.2 Å². The number of nitriles is 1. The van der Waals surface area contributed by atoms with Crippen molar-refractivity contribution in [3.63, 3.8) is 0 Å². The summed E-state index contributed by atoms with van der Waals surface area (Å²) in [5, 5.41) is 11.5. The number of hydrogen-bond acceptors (Lipinski definition) is 3. The van der Waals surface area contributed by atoms with Gasteiger partial charge in [0.25, 0.3) is 0 Å². The van der Waals surface area contributed by atoms with Crippen molar-refractivity contribution in [2.24, 2.45) is 0 Å². The summed E-state index contributed by atoms with van der Waals surface area (Å²) in [7, 11) is 0. The third-order valence-corrected chi connectivity index (χ3v) is 3.78. The van der Waals surface area contributed by atoms with Gasteiger partial charge in [0.2, 0.25) is 11.8 Å². The molecule has 1 N–H and O–H groups in total. The van der Waals surface area contributed by atoms with Crippen LogP contribution in [-0.4, -0.2) is 18.4 Å². The van der Waals surface area contributed by atoms with Crippen molar-refractivity contribution >= 4 is 23.2 Å². The molecule has 0 radical (unpaired) electrons. The van der Waals surface area contributed by atoms with Crippen LogP contribution in [0, 0.1) is 11.3 Å². The van der Waals surface area contributed by atoms with Crippen LogP contribution in [0.4, 0.5) is 11.4 Å². The van der Waals surface area contributed by atoms with Crippen LogP contribution in [0.15, 0.2) is 48.5 Å². The minimum atomic E-state index is -0.380. The van der Waals surface area contributed by atoms with Crippen molar-refractivity contribution in [3.05, 3.63) is 59.7 Å². The molecular weight excluding hydrogens is 290 g/mol. The predicted octanol–water partition coefficient (Wildman–Crippen LogP) is 2.48. The highest BCUT2D eigenvalue weighted by Crippen LogP contribution is 2.27. The minimum Gasteiger partial charge on any atom is -0.326 e. The maximum atomic E-state index is 12.3. The van der Waals surface area contributed by atoms with Gasteiger partial charge in [0, 0.05) is 17.9 Å². The number of nitrogens with zero attached hydrogens (tertiary/aromatic N) is 2. The second-order valence-corrected chi connectivity index (χ2v) is 5.34. The van der Waals surface area contributed by atoms with Crippen LogP contribution >= 0.6 is 0 Å². The first-order valence-electron chi connectivity index (χ1n) is 7.35.